The molecular weight excluding hydrogens is 276 g/mol. The lowest BCUT2D eigenvalue weighted by Gasteiger charge is -2.57. The Morgan fingerprint density at radius 2 is 1.64 bits per heavy atom. The molecular formula is C19H26O3. The molecule has 0 heterocycles. The molecule has 4 bridgehead atoms. The summed E-state index contributed by atoms with van der Waals surface area (Å²) in [5.74, 6) is 3.63. The first-order valence-electron chi connectivity index (χ1n) is 8.70. The van der Waals surface area contributed by atoms with Crippen LogP contribution in [-0.2, 0) is 5.41 Å². The van der Waals surface area contributed by atoms with Crippen molar-refractivity contribution in [1.29, 1.82) is 0 Å². The van der Waals surface area contributed by atoms with E-state index in [1.54, 1.807) is 0 Å². The highest BCUT2D eigenvalue weighted by atomic mass is 16.5. The predicted octanol–water partition coefficient (Wildman–Crippen LogP) is 2.89. The molecule has 1 aromatic carbocycles. The third-order valence-electron chi connectivity index (χ3n) is 6.14. The zero-order valence-corrected chi connectivity index (χ0v) is 13.1. The number of aliphatic hydroxyl groups is 2. The summed E-state index contributed by atoms with van der Waals surface area (Å²) < 4.78 is 5.87. The minimum atomic E-state index is -0.801. The zero-order chi connectivity index (χ0) is 15.2. The molecule has 0 amide bonds. The Hall–Kier alpha value is -1.06. The molecule has 3 heteroatoms. The van der Waals surface area contributed by atoms with E-state index in [0.29, 0.717) is 5.41 Å². The molecule has 0 aliphatic heterocycles. The number of aliphatic hydroxyl groups excluding tert-OH is 2. The number of hydrogen-bond acceptors (Lipinski definition) is 3. The van der Waals surface area contributed by atoms with Crippen LogP contribution >= 0.6 is 0 Å². The number of hydrogen-bond donors (Lipinski definition) is 2. The van der Waals surface area contributed by atoms with Gasteiger partial charge in [0.25, 0.3) is 0 Å². The third-order valence-corrected chi connectivity index (χ3v) is 6.14. The fourth-order valence-corrected chi connectivity index (χ4v) is 5.71. The summed E-state index contributed by atoms with van der Waals surface area (Å²) in [6.07, 6.45) is 7.43. The van der Waals surface area contributed by atoms with Crippen LogP contribution in [-0.4, -0.2) is 29.5 Å². The summed E-state index contributed by atoms with van der Waals surface area (Å²) in [4.78, 5) is 0. The van der Waals surface area contributed by atoms with Gasteiger partial charge in [-0.1, -0.05) is 18.2 Å². The highest BCUT2D eigenvalue weighted by molar-refractivity contribution is 5.41. The third kappa shape index (κ3) is 2.44. The maximum atomic E-state index is 9.57. The van der Waals surface area contributed by atoms with Gasteiger partial charge in [0, 0.05) is 5.56 Å². The Morgan fingerprint density at radius 1 is 1.05 bits per heavy atom. The van der Waals surface area contributed by atoms with Gasteiger partial charge >= 0.3 is 0 Å². The average Bonchev–Trinajstić information content (AvgIpc) is 2.51. The van der Waals surface area contributed by atoms with Crippen molar-refractivity contribution in [2.45, 2.75) is 50.0 Å². The van der Waals surface area contributed by atoms with E-state index in [2.05, 4.69) is 12.1 Å². The number of para-hydroxylation sites is 1. The molecule has 5 rings (SSSR count). The van der Waals surface area contributed by atoms with Crippen molar-refractivity contribution in [3.8, 4) is 5.75 Å². The molecule has 2 N–H and O–H groups in total. The van der Waals surface area contributed by atoms with Crippen molar-refractivity contribution in [2.75, 3.05) is 13.2 Å². The van der Waals surface area contributed by atoms with E-state index in [4.69, 9.17) is 9.84 Å². The van der Waals surface area contributed by atoms with Crippen LogP contribution in [0, 0.1) is 17.8 Å². The first-order valence-corrected chi connectivity index (χ1v) is 8.70. The molecule has 1 atom stereocenters. The molecule has 0 aromatic heterocycles. The van der Waals surface area contributed by atoms with Gasteiger partial charge in [-0.15, -0.1) is 0 Å². The lowest BCUT2D eigenvalue weighted by Crippen LogP contribution is -2.48. The van der Waals surface area contributed by atoms with E-state index < -0.39 is 6.10 Å². The molecule has 1 unspecified atom stereocenters. The van der Waals surface area contributed by atoms with Crippen molar-refractivity contribution < 1.29 is 14.9 Å². The highest BCUT2D eigenvalue weighted by Gasteiger charge is 2.52. The van der Waals surface area contributed by atoms with E-state index in [0.717, 1.165) is 23.5 Å². The standard InChI is InChI=1S/C19H26O3/c20-11-16(21)12-22-18-4-2-1-3-17(18)19-8-13-5-14(9-19)7-15(6-13)10-19/h1-4,13-16,20-21H,5-12H2. The van der Waals surface area contributed by atoms with Gasteiger partial charge < -0.3 is 14.9 Å². The number of rotatable bonds is 5. The van der Waals surface area contributed by atoms with Crippen LogP contribution in [0.15, 0.2) is 24.3 Å². The Labute approximate surface area is 132 Å². The van der Waals surface area contributed by atoms with Gasteiger partial charge in [-0.2, -0.15) is 0 Å². The Balaban J connectivity index is 1.62. The molecule has 120 valence electrons. The van der Waals surface area contributed by atoms with E-state index in [9.17, 15) is 5.11 Å². The minimum absolute atomic E-state index is 0.167. The maximum Gasteiger partial charge on any atom is 0.123 e. The number of benzene rings is 1. The van der Waals surface area contributed by atoms with Crippen molar-refractivity contribution in [1.82, 2.24) is 0 Å². The minimum Gasteiger partial charge on any atom is -0.490 e. The lowest BCUT2D eigenvalue weighted by atomic mass is 9.48. The summed E-state index contributed by atoms with van der Waals surface area (Å²) in [5.41, 5.74) is 1.65. The summed E-state index contributed by atoms with van der Waals surface area (Å²) in [5, 5.41) is 18.6. The van der Waals surface area contributed by atoms with E-state index in [1.807, 2.05) is 12.1 Å². The smallest absolute Gasteiger partial charge is 0.123 e. The topological polar surface area (TPSA) is 49.7 Å². The lowest BCUT2D eigenvalue weighted by molar-refractivity contribution is -0.00737. The predicted molar refractivity (Wildman–Crippen MR) is 84.9 cm³/mol. The van der Waals surface area contributed by atoms with Crippen molar-refractivity contribution >= 4 is 0 Å². The molecule has 4 saturated carbocycles. The van der Waals surface area contributed by atoms with Gasteiger partial charge in [0.1, 0.15) is 18.5 Å². The second-order valence-electron chi connectivity index (χ2n) is 7.84. The molecule has 4 aliphatic rings. The van der Waals surface area contributed by atoms with Crippen LogP contribution in [0.3, 0.4) is 0 Å². The van der Waals surface area contributed by atoms with Crippen LogP contribution < -0.4 is 4.74 Å². The van der Waals surface area contributed by atoms with E-state index in [-0.39, 0.29) is 13.2 Å². The molecule has 3 nitrogen and oxygen atoms in total. The number of ether oxygens (including phenoxy) is 1. The molecule has 0 saturated heterocycles. The molecule has 22 heavy (non-hydrogen) atoms. The van der Waals surface area contributed by atoms with Crippen LogP contribution in [0.2, 0.25) is 0 Å². The van der Waals surface area contributed by atoms with E-state index >= 15 is 0 Å². The summed E-state index contributed by atoms with van der Waals surface area (Å²) in [6, 6.07) is 8.37. The molecule has 0 spiro atoms. The van der Waals surface area contributed by atoms with Crippen molar-refractivity contribution in [3.05, 3.63) is 29.8 Å². The zero-order valence-electron chi connectivity index (χ0n) is 13.1. The Bertz CT molecular complexity index is 504. The highest BCUT2D eigenvalue weighted by Crippen LogP contribution is 2.61. The van der Waals surface area contributed by atoms with Gasteiger partial charge in [-0.05, 0) is 67.8 Å². The van der Waals surface area contributed by atoms with Gasteiger partial charge in [-0.3, -0.25) is 0 Å². The van der Waals surface area contributed by atoms with Gasteiger partial charge in [0.05, 0.1) is 6.61 Å². The summed E-state index contributed by atoms with van der Waals surface area (Å²) in [6.45, 7) is -0.0839. The van der Waals surface area contributed by atoms with Crippen LogP contribution in [0.25, 0.3) is 0 Å². The summed E-state index contributed by atoms with van der Waals surface area (Å²) >= 11 is 0. The fraction of sp³-hybridized carbons (Fsp3) is 0.684. The quantitative estimate of drug-likeness (QED) is 0.879. The van der Waals surface area contributed by atoms with Gasteiger partial charge in [0.2, 0.25) is 0 Å². The van der Waals surface area contributed by atoms with Gasteiger partial charge in [-0.25, -0.2) is 0 Å². The largest absolute Gasteiger partial charge is 0.490 e. The fourth-order valence-electron chi connectivity index (χ4n) is 5.71. The molecule has 4 fully saturated rings. The first kappa shape index (κ1) is 14.5. The Kier molecular flexibility index (Phi) is 3.66. The van der Waals surface area contributed by atoms with E-state index in [1.165, 1.54) is 44.1 Å². The maximum absolute atomic E-state index is 9.57. The Morgan fingerprint density at radius 3 is 2.23 bits per heavy atom. The molecule has 0 radical (unpaired) electrons. The SMILES string of the molecule is OCC(O)COc1ccccc1C12CC3CC(CC(C3)C1)C2. The van der Waals surface area contributed by atoms with Crippen LogP contribution in [0.4, 0.5) is 0 Å². The van der Waals surface area contributed by atoms with Crippen LogP contribution in [0.5, 0.6) is 5.75 Å². The average molecular weight is 302 g/mol. The van der Waals surface area contributed by atoms with Crippen molar-refractivity contribution in [3.63, 3.8) is 0 Å². The van der Waals surface area contributed by atoms with Crippen LogP contribution in [0.1, 0.15) is 44.1 Å². The molecule has 4 aliphatic carbocycles. The second-order valence-corrected chi connectivity index (χ2v) is 7.84. The second kappa shape index (κ2) is 5.54. The summed E-state index contributed by atoms with van der Waals surface area (Å²) in [7, 11) is 0. The monoisotopic (exact) mass is 302 g/mol. The first-order chi connectivity index (χ1) is 10.7. The van der Waals surface area contributed by atoms with Crippen molar-refractivity contribution in [2.24, 2.45) is 17.8 Å². The van der Waals surface area contributed by atoms with Gasteiger partial charge in [0.15, 0.2) is 0 Å². The molecule has 1 aromatic rings. The normalized spacial score (nSPS) is 37.3.